The Labute approximate surface area is 175 Å². The second-order valence-electron chi connectivity index (χ2n) is 9.06. The Morgan fingerprint density at radius 1 is 1.03 bits per heavy atom. The molecule has 0 radical (unpaired) electrons. The standard InChI is InChI=1S/C23H37N3O3/c1-6-23(5,26-13-15-29-16-14-26)17-25-20(27)11-12-24-21(28)18-7-9-19(10-8-18)22(2,3)4/h7-10H,6,11-17H2,1-5H3,(H,24,28)(H,25,27). The van der Waals surface area contributed by atoms with Crippen LogP contribution in [-0.4, -0.2) is 61.6 Å². The van der Waals surface area contributed by atoms with Gasteiger partial charge in [0.2, 0.25) is 5.91 Å². The Morgan fingerprint density at radius 3 is 2.21 bits per heavy atom. The van der Waals surface area contributed by atoms with Crippen molar-refractivity contribution in [3.63, 3.8) is 0 Å². The molecule has 0 saturated carbocycles. The first-order valence-electron chi connectivity index (χ1n) is 10.6. The molecule has 0 aliphatic carbocycles. The quantitative estimate of drug-likeness (QED) is 0.700. The van der Waals surface area contributed by atoms with E-state index >= 15 is 0 Å². The van der Waals surface area contributed by atoms with Crippen molar-refractivity contribution in [2.24, 2.45) is 0 Å². The first kappa shape index (κ1) is 23.4. The van der Waals surface area contributed by atoms with Crippen molar-refractivity contribution >= 4 is 11.8 Å². The minimum absolute atomic E-state index is 0.0404. The summed E-state index contributed by atoms with van der Waals surface area (Å²) in [7, 11) is 0. The maximum Gasteiger partial charge on any atom is 0.251 e. The zero-order valence-electron chi connectivity index (χ0n) is 18.6. The third-order valence-corrected chi connectivity index (χ3v) is 5.85. The van der Waals surface area contributed by atoms with E-state index in [1.807, 2.05) is 24.3 Å². The van der Waals surface area contributed by atoms with Gasteiger partial charge in [-0.2, -0.15) is 0 Å². The van der Waals surface area contributed by atoms with Crippen LogP contribution in [0.5, 0.6) is 0 Å². The largest absolute Gasteiger partial charge is 0.379 e. The number of hydrogen-bond acceptors (Lipinski definition) is 4. The van der Waals surface area contributed by atoms with E-state index in [1.54, 1.807) is 0 Å². The summed E-state index contributed by atoms with van der Waals surface area (Å²) in [5, 5.41) is 5.87. The van der Waals surface area contributed by atoms with Crippen LogP contribution in [0.1, 0.15) is 63.4 Å². The van der Waals surface area contributed by atoms with E-state index in [0.29, 0.717) is 18.7 Å². The second-order valence-corrected chi connectivity index (χ2v) is 9.06. The van der Waals surface area contributed by atoms with Crippen LogP contribution in [0.4, 0.5) is 0 Å². The third kappa shape index (κ3) is 6.82. The number of carbonyl (C=O) groups is 2. The molecule has 162 valence electrons. The van der Waals surface area contributed by atoms with Gasteiger partial charge in [-0.3, -0.25) is 14.5 Å². The van der Waals surface area contributed by atoms with Gasteiger partial charge in [-0.25, -0.2) is 0 Å². The highest BCUT2D eigenvalue weighted by atomic mass is 16.5. The number of rotatable bonds is 8. The van der Waals surface area contributed by atoms with Crippen molar-refractivity contribution in [1.29, 1.82) is 0 Å². The number of benzene rings is 1. The molecule has 1 aliphatic heterocycles. The van der Waals surface area contributed by atoms with Gasteiger partial charge < -0.3 is 15.4 Å². The molecule has 1 fully saturated rings. The summed E-state index contributed by atoms with van der Waals surface area (Å²) < 4.78 is 5.43. The molecule has 0 bridgehead atoms. The molecule has 0 spiro atoms. The molecule has 2 N–H and O–H groups in total. The second kappa shape index (κ2) is 10.2. The molecular weight excluding hydrogens is 366 g/mol. The van der Waals surface area contributed by atoms with E-state index in [2.05, 4.69) is 50.2 Å². The van der Waals surface area contributed by atoms with Gasteiger partial charge in [0, 0.05) is 43.7 Å². The lowest BCUT2D eigenvalue weighted by Gasteiger charge is -2.43. The maximum atomic E-state index is 12.3. The minimum atomic E-state index is -0.148. The van der Waals surface area contributed by atoms with E-state index in [1.165, 1.54) is 5.56 Å². The highest BCUT2D eigenvalue weighted by Gasteiger charge is 2.31. The summed E-state index contributed by atoms with van der Waals surface area (Å²) in [4.78, 5) is 26.9. The molecule has 0 aromatic heterocycles. The van der Waals surface area contributed by atoms with Crippen LogP contribution in [0.2, 0.25) is 0 Å². The van der Waals surface area contributed by atoms with Crippen molar-refractivity contribution in [2.75, 3.05) is 39.4 Å². The van der Waals surface area contributed by atoms with Crippen molar-refractivity contribution < 1.29 is 14.3 Å². The third-order valence-electron chi connectivity index (χ3n) is 5.85. The summed E-state index contributed by atoms with van der Waals surface area (Å²) in [6.45, 7) is 15.0. The minimum Gasteiger partial charge on any atom is -0.379 e. The highest BCUT2D eigenvalue weighted by molar-refractivity contribution is 5.94. The molecule has 1 saturated heterocycles. The molecule has 2 amide bonds. The van der Waals surface area contributed by atoms with Gasteiger partial charge in [-0.05, 0) is 36.5 Å². The Hall–Kier alpha value is -1.92. The van der Waals surface area contributed by atoms with E-state index < -0.39 is 0 Å². The van der Waals surface area contributed by atoms with Crippen molar-refractivity contribution in [2.45, 2.75) is 58.4 Å². The lowest BCUT2D eigenvalue weighted by atomic mass is 9.87. The van der Waals surface area contributed by atoms with E-state index in [-0.39, 0.29) is 29.2 Å². The molecule has 1 heterocycles. The molecular formula is C23H37N3O3. The van der Waals surface area contributed by atoms with Crippen LogP contribution < -0.4 is 10.6 Å². The Kier molecular flexibility index (Phi) is 8.23. The summed E-state index contributed by atoms with van der Waals surface area (Å²) in [6.07, 6.45) is 1.23. The number of amides is 2. The van der Waals surface area contributed by atoms with Crippen molar-refractivity contribution in [3.8, 4) is 0 Å². The Balaban J connectivity index is 1.75. The molecule has 1 aromatic carbocycles. The van der Waals surface area contributed by atoms with Gasteiger partial charge in [-0.1, -0.05) is 39.8 Å². The Morgan fingerprint density at radius 2 is 1.66 bits per heavy atom. The van der Waals surface area contributed by atoms with E-state index in [9.17, 15) is 9.59 Å². The normalized spacial score (nSPS) is 17.4. The first-order chi connectivity index (χ1) is 13.7. The van der Waals surface area contributed by atoms with Crippen LogP contribution in [0.15, 0.2) is 24.3 Å². The lowest BCUT2D eigenvalue weighted by Crippen LogP contribution is -2.57. The lowest BCUT2D eigenvalue weighted by molar-refractivity contribution is -0.121. The molecule has 6 heteroatoms. The van der Waals surface area contributed by atoms with Crippen LogP contribution in [-0.2, 0) is 14.9 Å². The van der Waals surface area contributed by atoms with E-state index in [4.69, 9.17) is 4.74 Å². The predicted octanol–water partition coefficient (Wildman–Crippen LogP) is 2.72. The SMILES string of the molecule is CCC(C)(CNC(=O)CCNC(=O)c1ccc(C(C)(C)C)cc1)N1CCOCC1. The van der Waals surface area contributed by atoms with Gasteiger partial charge >= 0.3 is 0 Å². The molecule has 1 unspecified atom stereocenters. The van der Waals surface area contributed by atoms with Crippen LogP contribution in [0.25, 0.3) is 0 Å². The average molecular weight is 404 g/mol. The van der Waals surface area contributed by atoms with Gasteiger partial charge in [0.25, 0.3) is 5.91 Å². The summed E-state index contributed by atoms with van der Waals surface area (Å²) >= 11 is 0. The van der Waals surface area contributed by atoms with E-state index in [0.717, 1.165) is 32.7 Å². The van der Waals surface area contributed by atoms with Gasteiger partial charge in [0.15, 0.2) is 0 Å². The maximum absolute atomic E-state index is 12.3. The monoisotopic (exact) mass is 403 g/mol. The molecule has 2 rings (SSSR count). The van der Waals surface area contributed by atoms with Crippen LogP contribution in [0.3, 0.4) is 0 Å². The molecule has 29 heavy (non-hydrogen) atoms. The van der Waals surface area contributed by atoms with Crippen molar-refractivity contribution in [1.82, 2.24) is 15.5 Å². The fraction of sp³-hybridized carbons (Fsp3) is 0.652. The van der Waals surface area contributed by atoms with Crippen LogP contribution in [0, 0.1) is 0 Å². The highest BCUT2D eigenvalue weighted by Crippen LogP contribution is 2.22. The summed E-state index contributed by atoms with van der Waals surface area (Å²) in [5.41, 5.74) is 1.79. The fourth-order valence-corrected chi connectivity index (χ4v) is 3.45. The number of nitrogens with zero attached hydrogens (tertiary/aromatic N) is 1. The number of carbonyl (C=O) groups excluding carboxylic acids is 2. The average Bonchev–Trinajstić information content (AvgIpc) is 2.72. The first-order valence-corrected chi connectivity index (χ1v) is 10.6. The Bertz CT molecular complexity index is 676. The number of morpholine rings is 1. The number of nitrogens with one attached hydrogen (secondary N) is 2. The number of ether oxygens (including phenoxy) is 1. The fourth-order valence-electron chi connectivity index (χ4n) is 3.45. The molecule has 1 aromatic rings. The van der Waals surface area contributed by atoms with Gasteiger partial charge in [-0.15, -0.1) is 0 Å². The molecule has 1 aliphatic rings. The van der Waals surface area contributed by atoms with Gasteiger partial charge in [0.05, 0.1) is 13.2 Å². The predicted molar refractivity (Wildman–Crippen MR) is 116 cm³/mol. The van der Waals surface area contributed by atoms with Crippen LogP contribution >= 0.6 is 0 Å². The zero-order chi connectivity index (χ0) is 21.5. The number of hydrogen-bond donors (Lipinski definition) is 2. The van der Waals surface area contributed by atoms with Crippen molar-refractivity contribution in [3.05, 3.63) is 35.4 Å². The molecule has 6 nitrogen and oxygen atoms in total. The summed E-state index contributed by atoms with van der Waals surface area (Å²) in [6, 6.07) is 7.65. The topological polar surface area (TPSA) is 70.7 Å². The summed E-state index contributed by atoms with van der Waals surface area (Å²) in [5.74, 6) is -0.189. The van der Waals surface area contributed by atoms with Gasteiger partial charge in [0.1, 0.15) is 0 Å². The zero-order valence-corrected chi connectivity index (χ0v) is 18.6. The smallest absolute Gasteiger partial charge is 0.251 e. The molecule has 1 atom stereocenters.